The van der Waals surface area contributed by atoms with Crippen molar-refractivity contribution in [2.45, 2.75) is 59.8 Å². The quantitative estimate of drug-likeness (QED) is 0.412. The molecule has 8 heteroatoms. The summed E-state index contributed by atoms with van der Waals surface area (Å²) in [5.74, 6) is 1.01. The van der Waals surface area contributed by atoms with Crippen molar-refractivity contribution in [2.24, 2.45) is 4.99 Å². The maximum Gasteiger partial charge on any atom is 0.338 e. The lowest BCUT2D eigenvalue weighted by molar-refractivity contribution is -0.143. The van der Waals surface area contributed by atoms with E-state index in [0.29, 0.717) is 27.2 Å². The average molecular weight is 521 g/mol. The Hall–Kier alpha value is -3.65. The zero-order valence-electron chi connectivity index (χ0n) is 22.0. The Morgan fingerprint density at radius 1 is 1.03 bits per heavy atom. The van der Waals surface area contributed by atoms with Crippen LogP contribution in [0.3, 0.4) is 0 Å². The Morgan fingerprint density at radius 2 is 1.68 bits per heavy atom. The predicted molar refractivity (Wildman–Crippen MR) is 145 cm³/mol. The van der Waals surface area contributed by atoms with Crippen LogP contribution in [0.2, 0.25) is 0 Å². The fourth-order valence-corrected chi connectivity index (χ4v) is 5.20. The third-order valence-corrected chi connectivity index (χ3v) is 6.62. The monoisotopic (exact) mass is 520 g/mol. The number of ether oxygens (including phenoxy) is 3. The van der Waals surface area contributed by atoms with Gasteiger partial charge in [0.2, 0.25) is 0 Å². The average Bonchev–Trinajstić information content (AvgIpc) is 3.13. The number of rotatable bonds is 8. The Bertz CT molecular complexity index is 1480. The van der Waals surface area contributed by atoms with E-state index < -0.39 is 12.0 Å². The molecular formula is C29H32N2O5S. The van der Waals surface area contributed by atoms with Gasteiger partial charge in [-0.2, -0.15) is 0 Å². The molecule has 3 aromatic rings. The predicted octanol–water partition coefficient (Wildman–Crippen LogP) is 4.37. The molecule has 37 heavy (non-hydrogen) atoms. The van der Waals surface area contributed by atoms with Crippen molar-refractivity contribution in [1.82, 2.24) is 4.57 Å². The lowest BCUT2D eigenvalue weighted by atomic mass is 9.96. The number of carbonyl (C=O) groups excluding carboxylic acids is 1. The van der Waals surface area contributed by atoms with Gasteiger partial charge in [0.15, 0.2) is 4.80 Å². The highest BCUT2D eigenvalue weighted by Gasteiger charge is 2.33. The van der Waals surface area contributed by atoms with Crippen molar-refractivity contribution >= 4 is 23.4 Å². The van der Waals surface area contributed by atoms with E-state index in [4.69, 9.17) is 14.2 Å². The number of hydrogen-bond acceptors (Lipinski definition) is 7. The molecule has 2 heterocycles. The minimum absolute atomic E-state index is 0.0805. The maximum atomic E-state index is 13.7. The number of carbonyl (C=O) groups is 1. The number of thiazole rings is 1. The van der Waals surface area contributed by atoms with Gasteiger partial charge in [0.05, 0.1) is 40.7 Å². The van der Waals surface area contributed by atoms with Gasteiger partial charge in [-0.25, -0.2) is 9.79 Å². The smallest absolute Gasteiger partial charge is 0.338 e. The first kappa shape index (κ1) is 26.4. The Balaban J connectivity index is 1.83. The van der Waals surface area contributed by atoms with Gasteiger partial charge in [0.25, 0.3) is 5.56 Å². The van der Waals surface area contributed by atoms with E-state index in [0.717, 1.165) is 22.6 Å². The van der Waals surface area contributed by atoms with Crippen LogP contribution in [-0.4, -0.2) is 29.4 Å². The molecule has 4 rings (SSSR count). The normalized spacial score (nSPS) is 15.6. The van der Waals surface area contributed by atoms with Crippen molar-refractivity contribution in [2.75, 3.05) is 6.61 Å². The van der Waals surface area contributed by atoms with Gasteiger partial charge in [-0.05, 0) is 83.0 Å². The summed E-state index contributed by atoms with van der Waals surface area (Å²) in [4.78, 5) is 32.1. The summed E-state index contributed by atoms with van der Waals surface area (Å²) in [7, 11) is 0. The minimum atomic E-state index is -0.665. The van der Waals surface area contributed by atoms with E-state index in [1.165, 1.54) is 11.3 Å². The van der Waals surface area contributed by atoms with Crippen LogP contribution < -0.4 is 24.4 Å². The molecule has 0 N–H and O–H groups in total. The number of fused-ring (bicyclic) bond motifs is 1. The topological polar surface area (TPSA) is 79.1 Å². The molecule has 0 spiro atoms. The van der Waals surface area contributed by atoms with E-state index in [1.807, 2.05) is 75.4 Å². The molecule has 194 valence electrons. The number of benzene rings is 2. The number of allylic oxidation sites excluding steroid dienone is 1. The van der Waals surface area contributed by atoms with E-state index in [2.05, 4.69) is 4.99 Å². The van der Waals surface area contributed by atoms with E-state index in [1.54, 1.807) is 25.3 Å². The fraction of sp³-hybridized carbons (Fsp3) is 0.345. The summed E-state index contributed by atoms with van der Waals surface area (Å²) in [5.41, 5.74) is 2.32. The van der Waals surface area contributed by atoms with Crippen LogP contribution in [0.5, 0.6) is 11.5 Å². The maximum absolute atomic E-state index is 13.7. The third-order valence-electron chi connectivity index (χ3n) is 5.64. The molecule has 1 aliphatic heterocycles. The van der Waals surface area contributed by atoms with Gasteiger partial charge in [-0.1, -0.05) is 35.6 Å². The summed E-state index contributed by atoms with van der Waals surface area (Å²) in [5, 5.41) is 0. The van der Waals surface area contributed by atoms with Crippen molar-refractivity contribution in [3.8, 4) is 11.5 Å². The first-order chi connectivity index (χ1) is 17.7. The van der Waals surface area contributed by atoms with Gasteiger partial charge in [-0.15, -0.1) is 0 Å². The number of hydrogen-bond donors (Lipinski definition) is 0. The molecule has 2 aromatic carbocycles. The molecule has 1 aromatic heterocycles. The van der Waals surface area contributed by atoms with Gasteiger partial charge < -0.3 is 14.2 Å². The zero-order chi connectivity index (χ0) is 26.7. The highest BCUT2D eigenvalue weighted by molar-refractivity contribution is 7.07. The standard InChI is InChI=1S/C29H32N2O5S/c1-7-34-22-14-10-21(11-15-22)26-25(28(33)36-18(4)5)19(6)30-29-31(26)27(32)24(37-29)16-20-8-12-23(13-9-20)35-17(2)3/h8-18,26H,7H2,1-6H3/b24-16+/t26-/m0/s1. The van der Waals surface area contributed by atoms with Crippen molar-refractivity contribution < 1.29 is 19.0 Å². The summed E-state index contributed by atoms with van der Waals surface area (Å²) in [6, 6.07) is 14.4. The molecule has 0 saturated carbocycles. The third kappa shape index (κ3) is 5.85. The molecule has 0 bridgehead atoms. The molecule has 1 aliphatic rings. The Kier molecular flexibility index (Phi) is 7.97. The number of nitrogens with zero attached hydrogens (tertiary/aromatic N) is 2. The number of aromatic nitrogens is 1. The summed E-state index contributed by atoms with van der Waals surface area (Å²) in [6.45, 7) is 11.8. The van der Waals surface area contributed by atoms with Crippen LogP contribution in [0.4, 0.5) is 0 Å². The molecule has 7 nitrogen and oxygen atoms in total. The number of esters is 1. The van der Waals surface area contributed by atoms with Gasteiger partial charge in [0.1, 0.15) is 11.5 Å². The van der Waals surface area contributed by atoms with E-state index >= 15 is 0 Å². The highest BCUT2D eigenvalue weighted by Crippen LogP contribution is 2.32. The summed E-state index contributed by atoms with van der Waals surface area (Å²) in [6.07, 6.45) is 1.61. The van der Waals surface area contributed by atoms with E-state index in [9.17, 15) is 9.59 Å². The summed E-state index contributed by atoms with van der Waals surface area (Å²) >= 11 is 1.30. The molecule has 0 saturated heterocycles. The molecule has 0 radical (unpaired) electrons. The summed E-state index contributed by atoms with van der Waals surface area (Å²) < 4.78 is 19.0. The first-order valence-corrected chi connectivity index (χ1v) is 13.2. The van der Waals surface area contributed by atoms with Crippen LogP contribution in [0.15, 0.2) is 69.6 Å². The lowest BCUT2D eigenvalue weighted by Gasteiger charge is -2.25. The Labute approximate surface area is 220 Å². The molecule has 0 fully saturated rings. The van der Waals surface area contributed by atoms with Crippen molar-refractivity contribution in [1.29, 1.82) is 0 Å². The lowest BCUT2D eigenvalue weighted by Crippen LogP contribution is -2.40. The SMILES string of the molecule is CCOc1ccc([C@H]2C(C(=O)OC(C)C)=C(C)N=c3s/c(=C/c4ccc(OC(C)C)cc4)c(=O)n32)cc1. The highest BCUT2D eigenvalue weighted by atomic mass is 32.1. The fourth-order valence-electron chi connectivity index (χ4n) is 4.15. The van der Waals surface area contributed by atoms with E-state index in [-0.39, 0.29) is 17.8 Å². The second-order valence-corrected chi connectivity index (χ2v) is 10.3. The second kappa shape index (κ2) is 11.2. The van der Waals surface area contributed by atoms with Crippen LogP contribution >= 0.6 is 11.3 Å². The molecular weight excluding hydrogens is 488 g/mol. The first-order valence-electron chi connectivity index (χ1n) is 12.4. The van der Waals surface area contributed by atoms with Crippen molar-refractivity contribution in [3.63, 3.8) is 0 Å². The largest absolute Gasteiger partial charge is 0.494 e. The van der Waals surface area contributed by atoms with Gasteiger partial charge >= 0.3 is 5.97 Å². The van der Waals surface area contributed by atoms with Crippen LogP contribution in [0.25, 0.3) is 6.08 Å². The zero-order valence-corrected chi connectivity index (χ0v) is 22.8. The Morgan fingerprint density at radius 3 is 2.27 bits per heavy atom. The molecule has 0 aliphatic carbocycles. The molecule has 0 amide bonds. The van der Waals surface area contributed by atoms with Crippen molar-refractivity contribution in [3.05, 3.63) is 90.6 Å². The van der Waals surface area contributed by atoms with Crippen LogP contribution in [0, 0.1) is 0 Å². The van der Waals surface area contributed by atoms with Crippen LogP contribution in [0.1, 0.15) is 58.7 Å². The van der Waals surface area contributed by atoms with Gasteiger partial charge in [-0.3, -0.25) is 9.36 Å². The second-order valence-electron chi connectivity index (χ2n) is 9.27. The van der Waals surface area contributed by atoms with Gasteiger partial charge in [0, 0.05) is 0 Å². The minimum Gasteiger partial charge on any atom is -0.494 e. The molecule has 1 atom stereocenters. The molecule has 0 unspecified atom stereocenters. The van der Waals surface area contributed by atoms with Crippen LogP contribution in [-0.2, 0) is 9.53 Å².